The lowest BCUT2D eigenvalue weighted by molar-refractivity contribution is 0.0763. The minimum Gasteiger partial charge on any atom is -0.346 e. The molecule has 0 spiro atoms. The molecule has 0 atom stereocenters. The number of para-hydroxylation sites is 1. The largest absolute Gasteiger partial charge is 0.346 e. The van der Waals surface area contributed by atoms with E-state index in [9.17, 15) is 4.79 Å². The fourth-order valence-electron chi connectivity index (χ4n) is 2.96. The van der Waals surface area contributed by atoms with Crippen molar-refractivity contribution < 1.29 is 4.79 Å². The average molecular weight is 327 g/mol. The van der Waals surface area contributed by atoms with Gasteiger partial charge in [-0.15, -0.1) is 11.3 Å². The van der Waals surface area contributed by atoms with Crippen LogP contribution in [0.1, 0.15) is 16.9 Å². The minimum absolute atomic E-state index is 0.00318. The Morgan fingerprint density at radius 1 is 1.17 bits per heavy atom. The van der Waals surface area contributed by atoms with Crippen LogP contribution in [0, 0.1) is 0 Å². The van der Waals surface area contributed by atoms with Gasteiger partial charge in [0.15, 0.2) is 10.8 Å². The molecule has 0 unspecified atom stereocenters. The van der Waals surface area contributed by atoms with Gasteiger partial charge >= 0.3 is 0 Å². The zero-order chi connectivity index (χ0) is 15.6. The Morgan fingerprint density at radius 3 is 2.96 bits per heavy atom. The Bertz CT molecular complexity index is 813. The summed E-state index contributed by atoms with van der Waals surface area (Å²) in [4.78, 5) is 21.3. The van der Waals surface area contributed by atoms with E-state index in [4.69, 9.17) is 0 Å². The molecule has 1 aliphatic heterocycles. The Balaban J connectivity index is 1.53. The molecule has 7 heteroatoms. The van der Waals surface area contributed by atoms with Gasteiger partial charge in [-0.25, -0.2) is 4.98 Å². The van der Waals surface area contributed by atoms with E-state index >= 15 is 0 Å². The number of rotatable bonds is 2. The molecule has 23 heavy (non-hydrogen) atoms. The number of benzene rings is 1. The number of carbonyl (C=O) groups excluding carboxylic acids is 1. The van der Waals surface area contributed by atoms with Gasteiger partial charge in [0.25, 0.3) is 5.91 Å². The maximum Gasteiger partial charge on any atom is 0.275 e. The summed E-state index contributed by atoms with van der Waals surface area (Å²) in [7, 11) is 0. The number of carbonyl (C=O) groups is 1. The van der Waals surface area contributed by atoms with Crippen LogP contribution in [0.4, 0.5) is 5.13 Å². The molecule has 2 aromatic heterocycles. The van der Waals surface area contributed by atoms with Crippen LogP contribution in [0.15, 0.2) is 35.8 Å². The lowest BCUT2D eigenvalue weighted by Gasteiger charge is -2.21. The first-order valence-electron chi connectivity index (χ1n) is 7.70. The normalized spacial score (nSPS) is 15.8. The van der Waals surface area contributed by atoms with E-state index in [1.54, 1.807) is 11.3 Å². The van der Waals surface area contributed by atoms with Crippen molar-refractivity contribution in [1.29, 1.82) is 0 Å². The van der Waals surface area contributed by atoms with Crippen molar-refractivity contribution >= 4 is 33.3 Å². The quantitative estimate of drug-likeness (QED) is 0.785. The highest BCUT2D eigenvalue weighted by molar-refractivity contribution is 7.13. The number of nitrogens with zero attached hydrogens (tertiary/aromatic N) is 4. The van der Waals surface area contributed by atoms with Crippen LogP contribution in [0.3, 0.4) is 0 Å². The molecule has 1 fully saturated rings. The van der Waals surface area contributed by atoms with Gasteiger partial charge in [0.2, 0.25) is 0 Å². The molecular formula is C16H17N5OS. The van der Waals surface area contributed by atoms with Gasteiger partial charge < -0.3 is 9.80 Å². The molecule has 1 aromatic carbocycles. The lowest BCUT2D eigenvalue weighted by atomic mass is 10.2. The molecule has 0 aliphatic carbocycles. The van der Waals surface area contributed by atoms with Gasteiger partial charge in [0.1, 0.15) is 0 Å². The second-order valence-corrected chi connectivity index (χ2v) is 6.44. The first kappa shape index (κ1) is 14.2. The van der Waals surface area contributed by atoms with Crippen molar-refractivity contribution in [2.24, 2.45) is 0 Å². The zero-order valence-corrected chi connectivity index (χ0v) is 13.4. The number of thiazole rings is 1. The second kappa shape index (κ2) is 6.00. The van der Waals surface area contributed by atoms with Crippen LogP contribution in [-0.4, -0.2) is 52.2 Å². The highest BCUT2D eigenvalue weighted by Gasteiger charge is 2.24. The molecule has 0 bridgehead atoms. The molecule has 1 aliphatic rings. The Morgan fingerprint density at radius 2 is 2.09 bits per heavy atom. The number of hydrogen-bond acceptors (Lipinski definition) is 5. The number of aromatic nitrogens is 3. The van der Waals surface area contributed by atoms with E-state index < -0.39 is 0 Å². The molecule has 1 N–H and O–H groups in total. The number of anilines is 1. The summed E-state index contributed by atoms with van der Waals surface area (Å²) in [6, 6.07) is 7.74. The molecule has 118 valence electrons. The third-order valence-electron chi connectivity index (χ3n) is 4.15. The van der Waals surface area contributed by atoms with Crippen LogP contribution in [0.25, 0.3) is 10.9 Å². The molecule has 3 heterocycles. The van der Waals surface area contributed by atoms with Crippen molar-refractivity contribution in [3.63, 3.8) is 0 Å². The lowest BCUT2D eigenvalue weighted by Crippen LogP contribution is -2.35. The first-order valence-corrected chi connectivity index (χ1v) is 8.58. The van der Waals surface area contributed by atoms with E-state index in [2.05, 4.69) is 20.1 Å². The zero-order valence-electron chi connectivity index (χ0n) is 12.6. The third kappa shape index (κ3) is 2.68. The molecule has 0 saturated carbocycles. The Kier molecular flexibility index (Phi) is 3.70. The fourth-order valence-corrected chi connectivity index (χ4v) is 3.66. The van der Waals surface area contributed by atoms with E-state index in [1.165, 1.54) is 0 Å². The minimum atomic E-state index is 0.00318. The van der Waals surface area contributed by atoms with Crippen LogP contribution in [0.5, 0.6) is 0 Å². The van der Waals surface area contributed by atoms with Crippen molar-refractivity contribution in [1.82, 2.24) is 20.1 Å². The molecule has 1 saturated heterocycles. The topological polar surface area (TPSA) is 65.1 Å². The van der Waals surface area contributed by atoms with Gasteiger partial charge in [0, 0.05) is 43.1 Å². The number of amides is 1. The van der Waals surface area contributed by atoms with Crippen LogP contribution in [0.2, 0.25) is 0 Å². The molecule has 0 radical (unpaired) electrons. The maximum atomic E-state index is 12.8. The molecular weight excluding hydrogens is 310 g/mol. The highest BCUT2D eigenvalue weighted by Crippen LogP contribution is 2.21. The fraction of sp³-hybridized carbons (Fsp3) is 0.312. The second-order valence-electron chi connectivity index (χ2n) is 5.57. The van der Waals surface area contributed by atoms with E-state index in [1.807, 2.05) is 40.7 Å². The van der Waals surface area contributed by atoms with Crippen LogP contribution < -0.4 is 4.90 Å². The summed E-state index contributed by atoms with van der Waals surface area (Å²) in [5.41, 5.74) is 1.42. The van der Waals surface area contributed by atoms with E-state index in [0.29, 0.717) is 12.2 Å². The average Bonchev–Trinajstić information content (AvgIpc) is 3.19. The van der Waals surface area contributed by atoms with Crippen molar-refractivity contribution in [3.8, 4) is 0 Å². The van der Waals surface area contributed by atoms with Crippen molar-refractivity contribution in [3.05, 3.63) is 41.5 Å². The third-order valence-corrected chi connectivity index (χ3v) is 4.98. The first-order chi connectivity index (χ1) is 11.3. The summed E-state index contributed by atoms with van der Waals surface area (Å²) in [5.74, 6) is 0.00318. The Hall–Kier alpha value is -2.41. The van der Waals surface area contributed by atoms with Crippen molar-refractivity contribution in [2.75, 3.05) is 31.1 Å². The standard InChI is InChI=1S/C16H17N5OS/c22-15(14-12-4-1-2-5-13(12)18-19-14)20-7-3-8-21(10-9-20)16-17-6-11-23-16/h1-2,4-6,11H,3,7-10H2,(H,18,19). The van der Waals surface area contributed by atoms with Crippen molar-refractivity contribution in [2.45, 2.75) is 6.42 Å². The highest BCUT2D eigenvalue weighted by atomic mass is 32.1. The van der Waals surface area contributed by atoms with E-state index in [0.717, 1.165) is 42.1 Å². The summed E-state index contributed by atoms with van der Waals surface area (Å²) >= 11 is 1.64. The predicted octanol–water partition coefficient (Wildman–Crippen LogP) is 2.37. The summed E-state index contributed by atoms with van der Waals surface area (Å²) < 4.78 is 0. The maximum absolute atomic E-state index is 12.8. The number of nitrogens with one attached hydrogen (secondary N) is 1. The predicted molar refractivity (Wildman–Crippen MR) is 90.9 cm³/mol. The smallest absolute Gasteiger partial charge is 0.275 e. The van der Waals surface area contributed by atoms with Gasteiger partial charge in [-0.1, -0.05) is 18.2 Å². The monoisotopic (exact) mass is 327 g/mol. The molecule has 1 amide bonds. The van der Waals surface area contributed by atoms with Gasteiger partial charge in [-0.2, -0.15) is 5.10 Å². The summed E-state index contributed by atoms with van der Waals surface area (Å²) in [6.45, 7) is 3.18. The summed E-state index contributed by atoms with van der Waals surface area (Å²) in [5, 5.41) is 11.1. The van der Waals surface area contributed by atoms with Gasteiger partial charge in [0.05, 0.1) is 5.52 Å². The van der Waals surface area contributed by atoms with Gasteiger partial charge in [-0.05, 0) is 12.5 Å². The number of aromatic amines is 1. The van der Waals surface area contributed by atoms with E-state index in [-0.39, 0.29) is 5.91 Å². The molecule has 3 aromatic rings. The van der Waals surface area contributed by atoms with Crippen LogP contribution >= 0.6 is 11.3 Å². The van der Waals surface area contributed by atoms with Gasteiger partial charge in [-0.3, -0.25) is 9.89 Å². The SMILES string of the molecule is O=C(c1n[nH]c2ccccc12)N1CCCN(c2nccs2)CC1. The van der Waals surface area contributed by atoms with Crippen LogP contribution in [-0.2, 0) is 0 Å². The molecule has 4 rings (SSSR count). The number of H-pyrrole nitrogens is 1. The summed E-state index contributed by atoms with van der Waals surface area (Å²) in [6.07, 6.45) is 2.76. The number of fused-ring (bicyclic) bond motifs is 1. The Labute approximate surface area is 137 Å². The molecule has 6 nitrogen and oxygen atoms in total. The number of hydrogen-bond donors (Lipinski definition) is 1.